The summed E-state index contributed by atoms with van der Waals surface area (Å²) < 4.78 is 11.1. The molecule has 0 aliphatic rings. The zero-order valence-electron chi connectivity index (χ0n) is 12.3. The Morgan fingerprint density at radius 3 is 2.55 bits per heavy atom. The van der Waals surface area contributed by atoms with Crippen molar-refractivity contribution in [3.63, 3.8) is 0 Å². The molecule has 2 aromatic rings. The number of anilines is 1. The molecule has 1 N–H and O–H groups in total. The first kappa shape index (κ1) is 14.3. The molecule has 0 atom stereocenters. The van der Waals surface area contributed by atoms with E-state index in [-0.39, 0.29) is 0 Å². The highest BCUT2D eigenvalue weighted by Gasteiger charge is 2.09. The second kappa shape index (κ2) is 6.85. The van der Waals surface area contributed by atoms with Crippen LogP contribution in [0.25, 0.3) is 0 Å². The third kappa shape index (κ3) is 3.23. The topological polar surface area (TPSA) is 30.5 Å². The number of hydrogen-bond donors (Lipinski definition) is 1. The molecule has 0 amide bonds. The highest BCUT2D eigenvalue weighted by Crippen LogP contribution is 2.31. The summed E-state index contributed by atoms with van der Waals surface area (Å²) in [5.74, 6) is 1.59. The molecular formula is C17H21NO2. The van der Waals surface area contributed by atoms with Crippen LogP contribution in [0.1, 0.15) is 18.1 Å². The van der Waals surface area contributed by atoms with Gasteiger partial charge in [0, 0.05) is 17.8 Å². The van der Waals surface area contributed by atoms with E-state index in [1.165, 1.54) is 5.56 Å². The van der Waals surface area contributed by atoms with E-state index in [9.17, 15) is 0 Å². The van der Waals surface area contributed by atoms with Gasteiger partial charge in [-0.2, -0.15) is 0 Å². The minimum atomic E-state index is 0.630. The second-order valence-electron chi connectivity index (χ2n) is 4.55. The monoisotopic (exact) mass is 271 g/mol. The standard InChI is InChI=1S/C17H21NO2/c1-4-20-16-11-7-9-14(17(16)19-3)12-18-15-10-6-5-8-13(15)2/h5-11,18H,4,12H2,1-3H3. The van der Waals surface area contributed by atoms with Gasteiger partial charge in [0.2, 0.25) is 0 Å². The first-order valence-electron chi connectivity index (χ1n) is 6.84. The number of aryl methyl sites for hydroxylation is 1. The maximum absolute atomic E-state index is 5.59. The summed E-state index contributed by atoms with van der Waals surface area (Å²) in [6.45, 7) is 5.40. The largest absolute Gasteiger partial charge is 0.493 e. The molecule has 0 saturated carbocycles. The molecule has 3 nitrogen and oxygen atoms in total. The molecule has 0 spiro atoms. The summed E-state index contributed by atoms with van der Waals surface area (Å²) in [4.78, 5) is 0. The average Bonchev–Trinajstić information content (AvgIpc) is 2.47. The Hall–Kier alpha value is -2.16. The molecular weight excluding hydrogens is 250 g/mol. The molecule has 3 heteroatoms. The first-order chi connectivity index (χ1) is 9.76. The maximum atomic E-state index is 5.59. The number of benzene rings is 2. The molecule has 0 aliphatic heterocycles. The van der Waals surface area contributed by atoms with Crippen LogP contribution in [0.3, 0.4) is 0 Å². The molecule has 20 heavy (non-hydrogen) atoms. The van der Waals surface area contributed by atoms with Crippen molar-refractivity contribution < 1.29 is 9.47 Å². The number of hydrogen-bond acceptors (Lipinski definition) is 3. The maximum Gasteiger partial charge on any atom is 0.165 e. The predicted molar refractivity (Wildman–Crippen MR) is 82.7 cm³/mol. The Balaban J connectivity index is 2.17. The lowest BCUT2D eigenvalue weighted by Gasteiger charge is -2.15. The molecule has 0 fully saturated rings. The Labute approximate surface area is 120 Å². The number of nitrogens with one attached hydrogen (secondary N) is 1. The van der Waals surface area contributed by atoms with E-state index in [1.54, 1.807) is 7.11 Å². The van der Waals surface area contributed by atoms with Crippen molar-refractivity contribution in [2.24, 2.45) is 0 Å². The quantitative estimate of drug-likeness (QED) is 0.861. The molecule has 0 aromatic heterocycles. The highest BCUT2D eigenvalue weighted by molar-refractivity contribution is 5.53. The fourth-order valence-corrected chi connectivity index (χ4v) is 2.16. The average molecular weight is 271 g/mol. The highest BCUT2D eigenvalue weighted by atomic mass is 16.5. The van der Waals surface area contributed by atoms with Crippen molar-refractivity contribution in [2.75, 3.05) is 19.0 Å². The fraction of sp³-hybridized carbons (Fsp3) is 0.294. The Morgan fingerprint density at radius 1 is 1.05 bits per heavy atom. The summed E-state index contributed by atoms with van der Waals surface area (Å²) in [7, 11) is 1.68. The van der Waals surface area contributed by atoms with Crippen LogP contribution in [-0.2, 0) is 6.54 Å². The minimum absolute atomic E-state index is 0.630. The summed E-state index contributed by atoms with van der Waals surface area (Å²) in [6, 6.07) is 14.2. The van der Waals surface area contributed by atoms with Gasteiger partial charge >= 0.3 is 0 Å². The van der Waals surface area contributed by atoms with Gasteiger partial charge in [-0.25, -0.2) is 0 Å². The zero-order chi connectivity index (χ0) is 14.4. The van der Waals surface area contributed by atoms with Crippen LogP contribution in [0.15, 0.2) is 42.5 Å². The van der Waals surface area contributed by atoms with Crippen molar-refractivity contribution in [1.29, 1.82) is 0 Å². The van der Waals surface area contributed by atoms with E-state index >= 15 is 0 Å². The van der Waals surface area contributed by atoms with Crippen LogP contribution in [0, 0.1) is 6.92 Å². The molecule has 106 valence electrons. The van der Waals surface area contributed by atoms with Gasteiger partial charge in [-0.1, -0.05) is 30.3 Å². The third-order valence-electron chi connectivity index (χ3n) is 3.18. The molecule has 0 bridgehead atoms. The van der Waals surface area contributed by atoms with E-state index in [4.69, 9.17) is 9.47 Å². The molecule has 2 aromatic carbocycles. The van der Waals surface area contributed by atoms with Crippen molar-refractivity contribution >= 4 is 5.69 Å². The Bertz CT molecular complexity index is 567. The Morgan fingerprint density at radius 2 is 1.85 bits per heavy atom. The minimum Gasteiger partial charge on any atom is -0.493 e. The van der Waals surface area contributed by atoms with Gasteiger partial charge in [-0.15, -0.1) is 0 Å². The molecule has 0 radical (unpaired) electrons. The van der Waals surface area contributed by atoms with E-state index in [1.807, 2.05) is 37.3 Å². The SMILES string of the molecule is CCOc1cccc(CNc2ccccc2C)c1OC. The van der Waals surface area contributed by atoms with Crippen LogP contribution < -0.4 is 14.8 Å². The van der Waals surface area contributed by atoms with Crippen molar-refractivity contribution in [3.8, 4) is 11.5 Å². The van der Waals surface area contributed by atoms with Crippen LogP contribution >= 0.6 is 0 Å². The van der Waals surface area contributed by atoms with Crippen molar-refractivity contribution in [1.82, 2.24) is 0 Å². The van der Waals surface area contributed by atoms with E-state index in [0.29, 0.717) is 13.2 Å². The smallest absolute Gasteiger partial charge is 0.165 e. The van der Waals surface area contributed by atoms with Gasteiger partial charge < -0.3 is 14.8 Å². The molecule has 0 heterocycles. The number of ether oxygens (including phenoxy) is 2. The van der Waals surface area contributed by atoms with Crippen molar-refractivity contribution in [2.45, 2.75) is 20.4 Å². The molecule has 0 saturated heterocycles. The van der Waals surface area contributed by atoms with Gasteiger partial charge in [0.1, 0.15) is 0 Å². The van der Waals surface area contributed by atoms with Gasteiger partial charge in [0.15, 0.2) is 11.5 Å². The number of rotatable bonds is 6. The normalized spacial score (nSPS) is 10.2. The third-order valence-corrected chi connectivity index (χ3v) is 3.18. The first-order valence-corrected chi connectivity index (χ1v) is 6.84. The van der Waals surface area contributed by atoms with Gasteiger partial charge in [0.25, 0.3) is 0 Å². The predicted octanol–water partition coefficient (Wildman–Crippen LogP) is 4.01. The lowest BCUT2D eigenvalue weighted by Crippen LogP contribution is -2.04. The van der Waals surface area contributed by atoms with Gasteiger partial charge in [-0.3, -0.25) is 0 Å². The van der Waals surface area contributed by atoms with Crippen LogP contribution in [-0.4, -0.2) is 13.7 Å². The van der Waals surface area contributed by atoms with Gasteiger partial charge in [-0.05, 0) is 31.5 Å². The molecule has 0 unspecified atom stereocenters. The second-order valence-corrected chi connectivity index (χ2v) is 4.55. The summed E-state index contributed by atoms with van der Waals surface area (Å²) in [6.07, 6.45) is 0. The zero-order valence-corrected chi connectivity index (χ0v) is 12.3. The Kier molecular flexibility index (Phi) is 4.88. The molecule has 0 aliphatic carbocycles. The van der Waals surface area contributed by atoms with E-state index in [0.717, 1.165) is 22.7 Å². The fourth-order valence-electron chi connectivity index (χ4n) is 2.16. The van der Waals surface area contributed by atoms with E-state index in [2.05, 4.69) is 24.4 Å². The van der Waals surface area contributed by atoms with Crippen LogP contribution in [0.4, 0.5) is 5.69 Å². The lowest BCUT2D eigenvalue weighted by atomic mass is 10.1. The summed E-state index contributed by atoms with van der Waals surface area (Å²) in [5, 5.41) is 3.44. The van der Waals surface area contributed by atoms with Crippen LogP contribution in [0.5, 0.6) is 11.5 Å². The summed E-state index contributed by atoms with van der Waals surface area (Å²) >= 11 is 0. The summed E-state index contributed by atoms with van der Waals surface area (Å²) in [5.41, 5.74) is 3.45. The van der Waals surface area contributed by atoms with Crippen LogP contribution in [0.2, 0.25) is 0 Å². The van der Waals surface area contributed by atoms with Crippen molar-refractivity contribution in [3.05, 3.63) is 53.6 Å². The van der Waals surface area contributed by atoms with E-state index < -0.39 is 0 Å². The molecule has 2 rings (SSSR count). The lowest BCUT2D eigenvalue weighted by molar-refractivity contribution is 0.309. The number of para-hydroxylation sites is 2. The number of methoxy groups -OCH3 is 1. The van der Waals surface area contributed by atoms with Gasteiger partial charge in [0.05, 0.1) is 13.7 Å².